The van der Waals surface area contributed by atoms with Crippen molar-refractivity contribution < 1.29 is 14.0 Å². The quantitative estimate of drug-likeness (QED) is 0.548. The van der Waals surface area contributed by atoms with Crippen molar-refractivity contribution in [2.24, 2.45) is 0 Å². The molecule has 0 aliphatic carbocycles. The molecule has 0 aliphatic rings. The molecule has 0 unspecified atom stereocenters. The van der Waals surface area contributed by atoms with Crippen molar-refractivity contribution in [2.75, 3.05) is 0 Å². The Hall–Kier alpha value is -2.65. The van der Waals surface area contributed by atoms with Crippen LogP contribution in [0.25, 0.3) is 0 Å². The summed E-state index contributed by atoms with van der Waals surface area (Å²) in [5, 5.41) is 0.680. The Balaban J connectivity index is 1.82. The summed E-state index contributed by atoms with van der Waals surface area (Å²) in [5.41, 5.74) is 2.65. The van der Waals surface area contributed by atoms with E-state index in [0.717, 1.165) is 11.1 Å². The number of ketones is 2. The molecule has 1 aromatic heterocycles. The number of furan rings is 1. The highest BCUT2D eigenvalue weighted by atomic mass is 35.5. The van der Waals surface area contributed by atoms with Gasteiger partial charge in [0, 0.05) is 17.0 Å². The first-order valence-corrected chi connectivity index (χ1v) is 8.81. The second-order valence-electron chi connectivity index (χ2n) is 6.31. The molecule has 26 heavy (non-hydrogen) atoms. The van der Waals surface area contributed by atoms with Gasteiger partial charge >= 0.3 is 0 Å². The third-order valence-electron chi connectivity index (χ3n) is 4.10. The third kappa shape index (κ3) is 4.70. The monoisotopic (exact) mass is 366 g/mol. The van der Waals surface area contributed by atoms with Crippen molar-refractivity contribution in [1.82, 2.24) is 0 Å². The molecule has 0 amide bonds. The van der Waals surface area contributed by atoms with Crippen molar-refractivity contribution in [3.63, 3.8) is 0 Å². The second kappa shape index (κ2) is 8.15. The van der Waals surface area contributed by atoms with Gasteiger partial charge < -0.3 is 4.42 Å². The van der Waals surface area contributed by atoms with E-state index in [4.69, 9.17) is 16.0 Å². The number of carbonyl (C=O) groups excluding carboxylic acids is 2. The Bertz CT molecular complexity index is 908. The highest BCUT2D eigenvalue weighted by Crippen LogP contribution is 2.22. The van der Waals surface area contributed by atoms with E-state index in [1.165, 1.54) is 6.92 Å². The van der Waals surface area contributed by atoms with Crippen LogP contribution in [0.5, 0.6) is 0 Å². The van der Waals surface area contributed by atoms with E-state index in [0.29, 0.717) is 28.5 Å². The summed E-state index contributed by atoms with van der Waals surface area (Å²) in [6, 6.07) is 18.6. The predicted octanol–water partition coefficient (Wildman–Crippen LogP) is 5.08. The summed E-state index contributed by atoms with van der Waals surface area (Å²) in [4.78, 5) is 24.0. The van der Waals surface area contributed by atoms with Crippen LogP contribution in [-0.4, -0.2) is 11.6 Å². The van der Waals surface area contributed by atoms with Crippen LogP contribution in [0.2, 0.25) is 5.02 Å². The minimum absolute atomic E-state index is 0.00762. The molecule has 0 atom stereocenters. The lowest BCUT2D eigenvalue weighted by atomic mass is 10.0. The molecule has 1 heterocycles. The van der Waals surface area contributed by atoms with Crippen molar-refractivity contribution in [2.45, 2.75) is 26.2 Å². The minimum Gasteiger partial charge on any atom is -0.465 e. The molecule has 3 rings (SSSR count). The molecule has 0 fully saturated rings. The van der Waals surface area contributed by atoms with Crippen LogP contribution in [0.4, 0.5) is 0 Å². The van der Waals surface area contributed by atoms with Gasteiger partial charge in [0.2, 0.25) is 0 Å². The molecule has 0 saturated carbocycles. The third-order valence-corrected chi connectivity index (χ3v) is 4.35. The fourth-order valence-corrected chi connectivity index (χ4v) is 2.97. The number of benzene rings is 2. The van der Waals surface area contributed by atoms with Crippen LogP contribution < -0.4 is 0 Å². The van der Waals surface area contributed by atoms with E-state index in [-0.39, 0.29) is 24.4 Å². The lowest BCUT2D eigenvalue weighted by molar-refractivity contribution is -0.116. The van der Waals surface area contributed by atoms with Crippen molar-refractivity contribution in [1.29, 1.82) is 0 Å². The van der Waals surface area contributed by atoms with Gasteiger partial charge in [0.05, 0.1) is 12.8 Å². The fraction of sp³-hybridized carbons (Fsp3) is 0.182. The van der Waals surface area contributed by atoms with Gasteiger partial charge in [-0.25, -0.2) is 0 Å². The molecule has 0 aliphatic heterocycles. The summed E-state index contributed by atoms with van der Waals surface area (Å²) >= 11 is 5.93. The maximum atomic E-state index is 12.4. The van der Waals surface area contributed by atoms with E-state index in [2.05, 4.69) is 0 Å². The Labute approximate surface area is 157 Å². The molecule has 2 aromatic carbocycles. The fourth-order valence-electron chi connectivity index (χ4n) is 2.85. The molecule has 0 spiro atoms. The van der Waals surface area contributed by atoms with Gasteiger partial charge in [-0.3, -0.25) is 9.59 Å². The number of halogens is 1. The first-order chi connectivity index (χ1) is 12.5. The van der Waals surface area contributed by atoms with E-state index in [9.17, 15) is 9.59 Å². The van der Waals surface area contributed by atoms with Gasteiger partial charge in [-0.05, 0) is 36.2 Å². The Kier molecular flexibility index (Phi) is 5.69. The molecule has 132 valence electrons. The molecule has 0 N–H and O–H groups in total. The molecule has 3 nitrogen and oxygen atoms in total. The Morgan fingerprint density at radius 2 is 1.65 bits per heavy atom. The lowest BCUT2D eigenvalue weighted by Crippen LogP contribution is -2.02. The van der Waals surface area contributed by atoms with E-state index in [1.54, 1.807) is 12.1 Å². The average Bonchev–Trinajstić information content (AvgIpc) is 2.98. The number of carbonyl (C=O) groups is 2. The summed E-state index contributed by atoms with van der Waals surface area (Å²) in [6.07, 6.45) is 1.03. The van der Waals surface area contributed by atoms with Gasteiger partial charge in [0.1, 0.15) is 17.3 Å². The number of hydrogen-bond donors (Lipinski definition) is 0. The van der Waals surface area contributed by atoms with Crippen LogP contribution >= 0.6 is 11.6 Å². The zero-order valence-corrected chi connectivity index (χ0v) is 15.3. The standard InChI is InChI=1S/C22H19ClO3/c1-15(24)11-22-18(12-16-7-9-19(23)10-8-16)13-20(26-22)14-21(25)17-5-3-2-4-6-17/h2-10,13H,11-12,14H2,1H3. The highest BCUT2D eigenvalue weighted by Gasteiger charge is 2.16. The molecule has 0 saturated heterocycles. The van der Waals surface area contributed by atoms with Crippen LogP contribution in [-0.2, 0) is 24.1 Å². The maximum Gasteiger partial charge on any atom is 0.170 e. The molecule has 3 aromatic rings. The topological polar surface area (TPSA) is 47.3 Å². The van der Waals surface area contributed by atoms with Gasteiger partial charge in [-0.2, -0.15) is 0 Å². The van der Waals surface area contributed by atoms with E-state index >= 15 is 0 Å². The lowest BCUT2D eigenvalue weighted by Gasteiger charge is -2.02. The van der Waals surface area contributed by atoms with Crippen molar-refractivity contribution in [3.05, 3.63) is 93.9 Å². The average molecular weight is 367 g/mol. The molecule has 4 heteroatoms. The molecular formula is C22H19ClO3. The minimum atomic E-state index is -0.00762. The number of Topliss-reactive ketones (excluding diaryl/α,β-unsaturated/α-hetero) is 2. The van der Waals surface area contributed by atoms with Crippen LogP contribution in [0.3, 0.4) is 0 Å². The summed E-state index contributed by atoms with van der Waals surface area (Å²) in [6.45, 7) is 1.53. The molecule has 0 radical (unpaired) electrons. The summed E-state index contributed by atoms with van der Waals surface area (Å²) in [5.74, 6) is 1.23. The Morgan fingerprint density at radius 1 is 0.962 bits per heavy atom. The molecular weight excluding hydrogens is 348 g/mol. The second-order valence-corrected chi connectivity index (χ2v) is 6.75. The van der Waals surface area contributed by atoms with Crippen LogP contribution in [0.1, 0.15) is 39.9 Å². The van der Waals surface area contributed by atoms with Gasteiger partial charge in [-0.15, -0.1) is 0 Å². The van der Waals surface area contributed by atoms with Gasteiger partial charge in [0.25, 0.3) is 0 Å². The largest absolute Gasteiger partial charge is 0.465 e. The number of hydrogen-bond acceptors (Lipinski definition) is 3. The zero-order valence-electron chi connectivity index (χ0n) is 14.5. The van der Waals surface area contributed by atoms with Crippen molar-refractivity contribution in [3.8, 4) is 0 Å². The number of rotatable bonds is 7. The smallest absolute Gasteiger partial charge is 0.170 e. The first-order valence-electron chi connectivity index (χ1n) is 8.44. The summed E-state index contributed by atoms with van der Waals surface area (Å²) in [7, 11) is 0. The zero-order chi connectivity index (χ0) is 18.5. The maximum absolute atomic E-state index is 12.4. The SMILES string of the molecule is CC(=O)Cc1oc(CC(=O)c2ccccc2)cc1Cc1ccc(Cl)cc1. The molecule has 0 bridgehead atoms. The first kappa shape index (κ1) is 18.2. The van der Waals surface area contributed by atoms with E-state index in [1.807, 2.05) is 48.5 Å². The normalized spacial score (nSPS) is 10.7. The Morgan fingerprint density at radius 3 is 2.31 bits per heavy atom. The van der Waals surface area contributed by atoms with E-state index < -0.39 is 0 Å². The van der Waals surface area contributed by atoms with Crippen LogP contribution in [0.15, 0.2) is 65.1 Å². The van der Waals surface area contributed by atoms with Gasteiger partial charge in [0.15, 0.2) is 5.78 Å². The van der Waals surface area contributed by atoms with Gasteiger partial charge in [-0.1, -0.05) is 54.1 Å². The summed E-state index contributed by atoms with van der Waals surface area (Å²) < 4.78 is 5.85. The highest BCUT2D eigenvalue weighted by molar-refractivity contribution is 6.30. The van der Waals surface area contributed by atoms with Crippen molar-refractivity contribution >= 4 is 23.2 Å². The predicted molar refractivity (Wildman–Crippen MR) is 102 cm³/mol. The van der Waals surface area contributed by atoms with Crippen LogP contribution in [0, 0.1) is 0 Å².